The number of methoxy groups -OCH3 is 2. The van der Waals surface area contributed by atoms with Gasteiger partial charge >= 0.3 is 6.16 Å². The van der Waals surface area contributed by atoms with Gasteiger partial charge in [0.25, 0.3) is 11.8 Å². The lowest BCUT2D eigenvalue weighted by molar-refractivity contribution is -0.0655. The summed E-state index contributed by atoms with van der Waals surface area (Å²) in [7, 11) is 3.06. The van der Waals surface area contributed by atoms with E-state index < -0.39 is 64.5 Å². The average molecular weight is 869 g/mol. The van der Waals surface area contributed by atoms with E-state index in [4.69, 9.17) is 52.2 Å². The number of hydrogen-bond donors (Lipinski definition) is 1. The minimum absolute atomic E-state index is 0.0473. The van der Waals surface area contributed by atoms with Gasteiger partial charge in [0.2, 0.25) is 17.1 Å². The first-order valence-corrected chi connectivity index (χ1v) is 20.0. The first kappa shape index (κ1) is 47.3. The average Bonchev–Trinajstić information content (AvgIpc) is 3.63. The molecule has 5 rings (SSSR count). The smallest absolute Gasteiger partial charge is 0.482 e. The molecule has 61 heavy (non-hydrogen) atoms. The number of aromatic nitrogens is 1. The van der Waals surface area contributed by atoms with Gasteiger partial charge in [-0.1, -0.05) is 11.2 Å². The van der Waals surface area contributed by atoms with Gasteiger partial charge < -0.3 is 67.0 Å². The Morgan fingerprint density at radius 2 is 1.46 bits per heavy atom. The fourth-order valence-corrected chi connectivity index (χ4v) is 6.85. The number of amides is 2. The molecule has 0 saturated carbocycles. The zero-order valence-electron chi connectivity index (χ0n) is 34.6. The second kappa shape index (κ2) is 24.0. The molecule has 1 fully saturated rings. The molecule has 19 nitrogen and oxygen atoms in total. The Morgan fingerprint density at radius 3 is 2.02 bits per heavy atom. The van der Waals surface area contributed by atoms with Crippen molar-refractivity contribution in [2.45, 2.75) is 50.4 Å². The summed E-state index contributed by atoms with van der Waals surface area (Å²) in [6, 6.07) is 1.80. The second-order valence-electron chi connectivity index (χ2n) is 14.1. The fourth-order valence-electron chi connectivity index (χ4n) is 6.85. The highest BCUT2D eigenvalue weighted by Gasteiger charge is 2.55. The van der Waals surface area contributed by atoms with Gasteiger partial charge in [-0.25, -0.2) is 13.6 Å². The van der Waals surface area contributed by atoms with Crippen molar-refractivity contribution in [3.63, 3.8) is 0 Å². The normalized spacial score (nSPS) is 19.3. The Balaban J connectivity index is 1.12. The quantitative estimate of drug-likeness (QED) is 0.113. The van der Waals surface area contributed by atoms with E-state index in [1.165, 1.54) is 17.9 Å². The third-order valence-electron chi connectivity index (χ3n) is 10.1. The van der Waals surface area contributed by atoms with Crippen molar-refractivity contribution in [1.29, 1.82) is 0 Å². The van der Waals surface area contributed by atoms with E-state index in [0.717, 1.165) is 12.1 Å². The molecule has 21 heteroatoms. The van der Waals surface area contributed by atoms with Crippen molar-refractivity contribution in [2.24, 2.45) is 5.16 Å². The predicted octanol–water partition coefficient (Wildman–Crippen LogP) is 2.62. The number of rotatable bonds is 25. The van der Waals surface area contributed by atoms with Crippen molar-refractivity contribution in [3.8, 4) is 5.75 Å². The molecule has 3 aliphatic rings. The maximum absolute atomic E-state index is 14.4. The zero-order valence-corrected chi connectivity index (χ0v) is 34.6. The summed E-state index contributed by atoms with van der Waals surface area (Å²) in [5, 5.41) is 6.55. The lowest BCUT2D eigenvalue weighted by Crippen LogP contribution is -2.52. The number of nitrogens with zero attached hydrogens (tertiary/aromatic N) is 3. The SMILES string of the molecule is COCCOCCOCCOCCOCCOCCOCCOC(=O)Oc1c2n(cc(C(=O)NCc3ccc(F)cc3F)c1=O)[C@@H]1CN(C2=O)[C@@H](C)CC[C@]12CC(OC)=NO2. The Hall–Kier alpha value is -4.77. The first-order chi connectivity index (χ1) is 29.6. The third-order valence-corrected chi connectivity index (χ3v) is 10.1. The van der Waals surface area contributed by atoms with Crippen LogP contribution in [0.2, 0.25) is 0 Å². The Kier molecular flexibility index (Phi) is 18.6. The maximum Gasteiger partial charge on any atom is 0.514 e. The van der Waals surface area contributed by atoms with Crippen LogP contribution in [-0.4, -0.2) is 158 Å². The van der Waals surface area contributed by atoms with Crippen LogP contribution in [0.5, 0.6) is 5.75 Å². The molecule has 1 aromatic heterocycles. The van der Waals surface area contributed by atoms with E-state index in [-0.39, 0.29) is 56.7 Å². The van der Waals surface area contributed by atoms with Crippen LogP contribution in [0.4, 0.5) is 13.6 Å². The van der Waals surface area contributed by atoms with E-state index in [9.17, 15) is 28.0 Å². The van der Waals surface area contributed by atoms with Crippen LogP contribution in [0.15, 0.2) is 34.3 Å². The van der Waals surface area contributed by atoms with Gasteiger partial charge in [-0.2, -0.15) is 0 Å². The fraction of sp³-hybridized carbons (Fsp3) is 0.625. The van der Waals surface area contributed by atoms with Crippen LogP contribution >= 0.6 is 0 Å². The standard InChI is InChI=1S/C40H54F2N4O15/c1-27-6-7-40(23-33(52-3)44-61-40)32-26-45(27)38(49)34-36(35(47)30(25-46(32)34)37(48)43-24-28-4-5-29(41)22-31(28)42)60-39(50)59-21-20-58-19-18-57-17-16-56-15-14-55-13-12-54-11-10-53-9-8-51-2/h4-5,22,25,27,32H,6-21,23-24,26H2,1-3H3,(H,43,48)/t27-,32+,40-/m0/s1. The van der Waals surface area contributed by atoms with E-state index in [2.05, 4.69) is 10.5 Å². The van der Waals surface area contributed by atoms with Crippen LogP contribution < -0.4 is 15.5 Å². The number of hydrogen-bond acceptors (Lipinski definition) is 16. The number of carbonyl (C=O) groups excluding carboxylic acids is 3. The van der Waals surface area contributed by atoms with Gasteiger partial charge in [-0.3, -0.25) is 14.4 Å². The summed E-state index contributed by atoms with van der Waals surface area (Å²) in [5.41, 5.74) is -3.01. The van der Waals surface area contributed by atoms with Crippen LogP contribution in [0.1, 0.15) is 58.6 Å². The zero-order chi connectivity index (χ0) is 43.6. The summed E-state index contributed by atoms with van der Waals surface area (Å²) >= 11 is 0. The number of fused-ring (bicyclic) bond motifs is 5. The van der Waals surface area contributed by atoms with E-state index in [1.54, 1.807) is 12.0 Å². The minimum Gasteiger partial charge on any atom is -0.482 e. The number of nitrogens with one attached hydrogen (secondary N) is 1. The van der Waals surface area contributed by atoms with Crippen LogP contribution in [0, 0.1) is 11.6 Å². The Labute approximate surface area is 351 Å². The lowest BCUT2D eigenvalue weighted by atomic mass is 9.85. The van der Waals surface area contributed by atoms with E-state index in [0.29, 0.717) is 90.9 Å². The van der Waals surface area contributed by atoms with Crippen molar-refractivity contribution >= 4 is 23.9 Å². The predicted molar refractivity (Wildman–Crippen MR) is 209 cm³/mol. The van der Waals surface area contributed by atoms with Crippen molar-refractivity contribution < 1.29 is 75.4 Å². The molecule has 2 bridgehead atoms. The summed E-state index contributed by atoms with van der Waals surface area (Å²) in [4.78, 5) is 62.3. The molecule has 2 amide bonds. The molecule has 1 N–H and O–H groups in total. The van der Waals surface area contributed by atoms with Gasteiger partial charge in [0.1, 0.15) is 23.8 Å². The molecule has 0 radical (unpaired) electrons. The maximum atomic E-state index is 14.4. The highest BCUT2D eigenvalue weighted by atomic mass is 19.1. The molecular formula is C40H54F2N4O15. The number of oxime groups is 1. The van der Waals surface area contributed by atoms with Crippen molar-refractivity contribution in [3.05, 3.63) is 63.1 Å². The van der Waals surface area contributed by atoms with E-state index >= 15 is 0 Å². The van der Waals surface area contributed by atoms with Gasteiger partial charge in [-0.15, -0.1) is 0 Å². The summed E-state index contributed by atoms with van der Waals surface area (Å²) in [6.07, 6.45) is 1.01. The largest absolute Gasteiger partial charge is 0.514 e. The molecular weight excluding hydrogens is 814 g/mol. The summed E-state index contributed by atoms with van der Waals surface area (Å²) < 4.78 is 82.7. The monoisotopic (exact) mass is 868 g/mol. The second-order valence-corrected chi connectivity index (χ2v) is 14.1. The summed E-state index contributed by atoms with van der Waals surface area (Å²) in [6.45, 7) is 6.05. The minimum atomic E-state index is -1.33. The molecule has 1 aromatic carbocycles. The summed E-state index contributed by atoms with van der Waals surface area (Å²) in [5.74, 6) is -3.73. The Morgan fingerprint density at radius 1 is 0.869 bits per heavy atom. The van der Waals surface area contributed by atoms with Gasteiger partial charge in [-0.05, 0) is 25.8 Å². The highest BCUT2D eigenvalue weighted by molar-refractivity contribution is 6.00. The molecule has 1 saturated heterocycles. The molecule has 338 valence electrons. The van der Waals surface area contributed by atoms with Gasteiger partial charge in [0.05, 0.1) is 105 Å². The van der Waals surface area contributed by atoms with Crippen LogP contribution in [0.25, 0.3) is 0 Å². The van der Waals surface area contributed by atoms with Crippen LogP contribution in [0.3, 0.4) is 0 Å². The molecule has 3 atom stereocenters. The number of pyridine rings is 1. The van der Waals surface area contributed by atoms with Crippen LogP contribution in [-0.2, 0) is 54.0 Å². The highest BCUT2D eigenvalue weighted by Crippen LogP contribution is 2.46. The third kappa shape index (κ3) is 13.1. The molecule has 3 aliphatic heterocycles. The van der Waals surface area contributed by atoms with E-state index in [1.807, 2.05) is 6.92 Å². The molecule has 0 unspecified atom stereocenters. The van der Waals surface area contributed by atoms with Crippen molar-refractivity contribution in [1.82, 2.24) is 14.8 Å². The number of benzene rings is 1. The van der Waals surface area contributed by atoms with Gasteiger partial charge in [0, 0.05) is 44.1 Å². The Bertz CT molecular complexity index is 1870. The lowest BCUT2D eigenvalue weighted by Gasteiger charge is -2.41. The molecule has 2 aromatic rings. The molecule has 0 aliphatic carbocycles. The topological polar surface area (TPSA) is 202 Å². The van der Waals surface area contributed by atoms with Crippen molar-refractivity contribution in [2.75, 3.05) is 113 Å². The number of ether oxygens (including phenoxy) is 10. The molecule has 4 heterocycles. The first-order valence-electron chi connectivity index (χ1n) is 20.0. The molecule has 1 spiro atoms. The van der Waals surface area contributed by atoms with Gasteiger partial charge in [0.15, 0.2) is 11.3 Å². The number of halogens is 2. The number of carbonyl (C=O) groups is 3.